The van der Waals surface area contributed by atoms with Crippen LogP contribution in [0, 0.1) is 5.82 Å². The molecule has 0 aliphatic carbocycles. The Morgan fingerprint density at radius 2 is 1.74 bits per heavy atom. The van der Waals surface area contributed by atoms with Gasteiger partial charge in [-0.3, -0.25) is 4.79 Å². The van der Waals surface area contributed by atoms with Crippen LogP contribution in [0.4, 0.5) is 10.1 Å². The Kier molecular flexibility index (Phi) is 5.33. The van der Waals surface area contributed by atoms with Gasteiger partial charge in [0.25, 0.3) is 0 Å². The van der Waals surface area contributed by atoms with E-state index in [4.69, 9.17) is 5.11 Å². The lowest BCUT2D eigenvalue weighted by molar-refractivity contribution is 0.0695. The number of aromatic nitrogens is 1. The highest BCUT2D eigenvalue weighted by molar-refractivity contribution is 5.87. The molecule has 0 bridgehead atoms. The monoisotopic (exact) mass is 368 g/mol. The third-order valence-corrected chi connectivity index (χ3v) is 4.01. The van der Waals surface area contributed by atoms with E-state index in [2.05, 4.69) is 5.32 Å². The lowest BCUT2D eigenvalue weighted by Crippen LogP contribution is -2.18. The molecule has 0 saturated carbocycles. The first-order chi connectivity index (χ1) is 13.0. The van der Waals surface area contributed by atoms with Gasteiger partial charge < -0.3 is 20.1 Å². The summed E-state index contributed by atoms with van der Waals surface area (Å²) in [6.45, 7) is 0.412. The van der Waals surface area contributed by atoms with Crippen molar-refractivity contribution in [3.63, 3.8) is 0 Å². The number of aliphatic hydroxyl groups excluding tert-OH is 1. The third-order valence-electron chi connectivity index (χ3n) is 4.01. The number of aromatic carboxylic acids is 1. The van der Waals surface area contributed by atoms with Crippen LogP contribution in [0.5, 0.6) is 0 Å². The summed E-state index contributed by atoms with van der Waals surface area (Å²) in [4.78, 5) is 23.6. The fourth-order valence-electron chi connectivity index (χ4n) is 2.69. The lowest BCUT2D eigenvalue weighted by atomic mass is 10.1. The SMILES string of the molecule is O=C(O)c1cn(-c2ccc(F)cc2)c(-c2ccc(NCCO)cc2)cc1=O. The highest BCUT2D eigenvalue weighted by atomic mass is 19.1. The van der Waals surface area contributed by atoms with Crippen LogP contribution < -0.4 is 10.7 Å². The molecule has 0 atom stereocenters. The van der Waals surface area contributed by atoms with Gasteiger partial charge in [-0.1, -0.05) is 12.1 Å². The molecular formula is C20H17FN2O4. The zero-order valence-electron chi connectivity index (χ0n) is 14.2. The number of halogens is 1. The van der Waals surface area contributed by atoms with E-state index >= 15 is 0 Å². The summed E-state index contributed by atoms with van der Waals surface area (Å²) >= 11 is 0. The van der Waals surface area contributed by atoms with Crippen molar-refractivity contribution in [3.8, 4) is 16.9 Å². The van der Waals surface area contributed by atoms with E-state index < -0.39 is 17.2 Å². The highest BCUT2D eigenvalue weighted by Gasteiger charge is 2.15. The normalized spacial score (nSPS) is 10.6. The minimum absolute atomic E-state index is 0.00249. The molecule has 0 amide bonds. The maximum absolute atomic E-state index is 13.3. The van der Waals surface area contributed by atoms with Crippen molar-refractivity contribution in [2.75, 3.05) is 18.5 Å². The van der Waals surface area contributed by atoms with Crippen LogP contribution >= 0.6 is 0 Å². The fraction of sp³-hybridized carbons (Fsp3) is 0.100. The number of benzene rings is 2. The lowest BCUT2D eigenvalue weighted by Gasteiger charge is -2.15. The Hall–Kier alpha value is -3.45. The molecule has 0 aliphatic rings. The first kappa shape index (κ1) is 18.3. The molecule has 6 nitrogen and oxygen atoms in total. The Bertz CT molecular complexity index is 1010. The minimum Gasteiger partial charge on any atom is -0.477 e. The Balaban J connectivity index is 2.13. The van der Waals surface area contributed by atoms with E-state index in [9.17, 15) is 19.1 Å². The van der Waals surface area contributed by atoms with Crippen LogP contribution in [0.1, 0.15) is 10.4 Å². The van der Waals surface area contributed by atoms with Crippen LogP contribution in [-0.4, -0.2) is 33.9 Å². The summed E-state index contributed by atoms with van der Waals surface area (Å²) in [5.74, 6) is -1.75. The van der Waals surface area contributed by atoms with E-state index in [1.165, 1.54) is 36.5 Å². The van der Waals surface area contributed by atoms with Crippen molar-refractivity contribution < 1.29 is 19.4 Å². The Labute approximate surface area is 154 Å². The molecule has 3 aromatic rings. The molecule has 0 fully saturated rings. The zero-order chi connectivity index (χ0) is 19.4. The molecule has 0 saturated heterocycles. The van der Waals surface area contributed by atoms with Gasteiger partial charge in [-0.25, -0.2) is 9.18 Å². The molecular weight excluding hydrogens is 351 g/mol. The van der Waals surface area contributed by atoms with E-state index in [1.807, 2.05) is 0 Å². The average Bonchev–Trinajstić information content (AvgIpc) is 2.67. The number of hydrogen-bond acceptors (Lipinski definition) is 4. The fourth-order valence-corrected chi connectivity index (χ4v) is 2.69. The van der Waals surface area contributed by atoms with E-state index in [0.717, 1.165) is 5.69 Å². The maximum atomic E-state index is 13.3. The van der Waals surface area contributed by atoms with Gasteiger partial charge in [-0.2, -0.15) is 0 Å². The molecule has 1 aromatic heterocycles. The van der Waals surface area contributed by atoms with Crippen molar-refractivity contribution in [1.82, 2.24) is 4.57 Å². The molecule has 0 aliphatic heterocycles. The van der Waals surface area contributed by atoms with Gasteiger partial charge in [-0.05, 0) is 42.0 Å². The number of aliphatic hydroxyl groups is 1. The smallest absolute Gasteiger partial charge is 0.341 e. The van der Waals surface area contributed by atoms with Gasteiger partial charge in [0.05, 0.1) is 12.3 Å². The van der Waals surface area contributed by atoms with Crippen LogP contribution in [0.3, 0.4) is 0 Å². The number of rotatable bonds is 6. The molecule has 0 spiro atoms. The predicted octanol–water partition coefficient (Wildman–Crippen LogP) is 2.75. The summed E-state index contributed by atoms with van der Waals surface area (Å²) in [6, 6.07) is 13.9. The van der Waals surface area contributed by atoms with Crippen LogP contribution in [0.2, 0.25) is 0 Å². The summed E-state index contributed by atoms with van der Waals surface area (Å²) < 4.78 is 14.8. The van der Waals surface area contributed by atoms with E-state index in [0.29, 0.717) is 23.5 Å². The quantitative estimate of drug-likeness (QED) is 0.622. The minimum atomic E-state index is -1.33. The second-order valence-corrected chi connectivity index (χ2v) is 5.82. The molecule has 3 N–H and O–H groups in total. The molecule has 2 aromatic carbocycles. The van der Waals surface area contributed by atoms with Gasteiger partial charge in [0, 0.05) is 30.2 Å². The topological polar surface area (TPSA) is 91.6 Å². The van der Waals surface area contributed by atoms with E-state index in [1.54, 1.807) is 28.8 Å². The van der Waals surface area contributed by atoms with Crippen LogP contribution in [-0.2, 0) is 0 Å². The number of nitrogens with zero attached hydrogens (tertiary/aromatic N) is 1. The van der Waals surface area contributed by atoms with Gasteiger partial charge in [0.1, 0.15) is 11.4 Å². The standard InChI is InChI=1S/C20H17FN2O4/c21-14-3-7-16(8-4-14)23-12-17(20(26)27)19(25)11-18(23)13-1-5-15(6-2-13)22-9-10-24/h1-8,11-12,22,24H,9-10H2,(H,26,27). The summed E-state index contributed by atoms with van der Waals surface area (Å²) in [6.07, 6.45) is 1.24. The van der Waals surface area contributed by atoms with Gasteiger partial charge >= 0.3 is 5.97 Å². The number of anilines is 1. The van der Waals surface area contributed by atoms with Gasteiger partial charge in [0.2, 0.25) is 0 Å². The van der Waals surface area contributed by atoms with Crippen LogP contribution in [0.15, 0.2) is 65.6 Å². The second kappa shape index (κ2) is 7.84. The largest absolute Gasteiger partial charge is 0.477 e. The molecule has 27 heavy (non-hydrogen) atoms. The van der Waals surface area contributed by atoms with Crippen molar-refractivity contribution >= 4 is 11.7 Å². The Morgan fingerprint density at radius 1 is 1.07 bits per heavy atom. The molecule has 3 rings (SSSR count). The average molecular weight is 368 g/mol. The molecule has 1 heterocycles. The number of carboxylic acid groups (broad SMARTS) is 1. The maximum Gasteiger partial charge on any atom is 0.341 e. The number of nitrogens with one attached hydrogen (secondary N) is 1. The zero-order valence-corrected chi connectivity index (χ0v) is 14.2. The molecule has 0 unspecified atom stereocenters. The van der Waals surface area contributed by atoms with Crippen molar-refractivity contribution in [2.45, 2.75) is 0 Å². The van der Waals surface area contributed by atoms with Gasteiger partial charge in [-0.15, -0.1) is 0 Å². The number of carbonyl (C=O) groups is 1. The first-order valence-corrected chi connectivity index (χ1v) is 8.20. The third kappa shape index (κ3) is 4.04. The summed E-state index contributed by atoms with van der Waals surface area (Å²) in [5.41, 5.74) is 1.50. The molecule has 0 radical (unpaired) electrons. The number of carboxylic acids is 1. The summed E-state index contributed by atoms with van der Waals surface area (Å²) in [7, 11) is 0. The second-order valence-electron chi connectivity index (χ2n) is 5.82. The van der Waals surface area contributed by atoms with Gasteiger partial charge in [0.15, 0.2) is 5.43 Å². The number of pyridine rings is 1. The number of hydrogen-bond donors (Lipinski definition) is 3. The van der Waals surface area contributed by atoms with E-state index in [-0.39, 0.29) is 12.2 Å². The van der Waals surface area contributed by atoms with Crippen molar-refractivity contribution in [1.29, 1.82) is 0 Å². The first-order valence-electron chi connectivity index (χ1n) is 8.20. The summed E-state index contributed by atoms with van der Waals surface area (Å²) in [5, 5.41) is 21.2. The van der Waals surface area contributed by atoms with Crippen molar-refractivity contribution in [2.24, 2.45) is 0 Å². The van der Waals surface area contributed by atoms with Crippen molar-refractivity contribution in [3.05, 3.63) is 82.4 Å². The highest BCUT2D eigenvalue weighted by Crippen LogP contribution is 2.24. The predicted molar refractivity (Wildman–Crippen MR) is 100.0 cm³/mol. The Morgan fingerprint density at radius 3 is 2.33 bits per heavy atom. The van der Waals surface area contributed by atoms with Crippen LogP contribution in [0.25, 0.3) is 16.9 Å². The molecule has 7 heteroatoms. The molecule has 138 valence electrons.